The number of nitrogens with zero attached hydrogens (tertiary/aromatic N) is 3. The van der Waals surface area contributed by atoms with Gasteiger partial charge < -0.3 is 9.84 Å². The van der Waals surface area contributed by atoms with E-state index in [1.807, 2.05) is 36.4 Å². The highest BCUT2D eigenvalue weighted by Crippen LogP contribution is 2.18. The average Bonchev–Trinajstić information content (AvgIpc) is 2.96. The fraction of sp³-hybridized carbons (Fsp3) is 0.333. The van der Waals surface area contributed by atoms with E-state index in [-0.39, 0.29) is 6.04 Å². The minimum Gasteiger partial charge on any atom is -0.335 e. The molecule has 1 N–H and O–H groups in total. The minimum atomic E-state index is 0.178. The smallest absolute Gasteiger partial charge is 0.250 e. The van der Waals surface area contributed by atoms with Gasteiger partial charge in [0.15, 0.2) is 5.82 Å². The SMILES string of the molecule is CN1CCNCC1c1noc(/C=C/c2ccc(Br)cc2)n1. The second kappa shape index (κ2) is 6.51. The Balaban J connectivity index is 1.71. The molecule has 1 saturated heterocycles. The number of piperazine rings is 1. The summed E-state index contributed by atoms with van der Waals surface area (Å²) in [4.78, 5) is 6.70. The van der Waals surface area contributed by atoms with Crippen LogP contribution in [-0.2, 0) is 0 Å². The molecule has 2 heterocycles. The Morgan fingerprint density at radius 1 is 1.33 bits per heavy atom. The van der Waals surface area contributed by atoms with Gasteiger partial charge in [-0.15, -0.1) is 0 Å². The van der Waals surface area contributed by atoms with E-state index in [1.165, 1.54) is 0 Å². The van der Waals surface area contributed by atoms with Crippen LogP contribution < -0.4 is 5.32 Å². The van der Waals surface area contributed by atoms with E-state index in [2.05, 4.69) is 43.3 Å². The van der Waals surface area contributed by atoms with Crippen molar-refractivity contribution in [3.63, 3.8) is 0 Å². The van der Waals surface area contributed by atoms with Crippen LogP contribution in [0.15, 0.2) is 33.3 Å². The summed E-state index contributed by atoms with van der Waals surface area (Å²) < 4.78 is 6.36. The summed E-state index contributed by atoms with van der Waals surface area (Å²) in [6.07, 6.45) is 3.81. The Morgan fingerprint density at radius 3 is 2.90 bits per heavy atom. The van der Waals surface area contributed by atoms with E-state index in [1.54, 1.807) is 0 Å². The molecule has 0 radical (unpaired) electrons. The van der Waals surface area contributed by atoms with E-state index in [0.717, 1.165) is 35.5 Å². The first-order chi connectivity index (χ1) is 10.2. The maximum absolute atomic E-state index is 5.30. The highest BCUT2D eigenvalue weighted by Gasteiger charge is 2.24. The van der Waals surface area contributed by atoms with Gasteiger partial charge in [-0.3, -0.25) is 4.90 Å². The molecule has 1 unspecified atom stereocenters. The van der Waals surface area contributed by atoms with E-state index < -0.39 is 0 Å². The molecule has 0 aliphatic carbocycles. The van der Waals surface area contributed by atoms with Crippen LogP contribution in [0.3, 0.4) is 0 Å². The lowest BCUT2D eigenvalue weighted by molar-refractivity contribution is 0.190. The van der Waals surface area contributed by atoms with Gasteiger partial charge in [0.05, 0.1) is 6.04 Å². The zero-order valence-corrected chi connectivity index (χ0v) is 13.4. The molecule has 1 aromatic heterocycles. The van der Waals surface area contributed by atoms with Crippen molar-refractivity contribution < 1.29 is 4.52 Å². The van der Waals surface area contributed by atoms with Gasteiger partial charge in [0.25, 0.3) is 5.89 Å². The summed E-state index contributed by atoms with van der Waals surface area (Å²) in [5.74, 6) is 1.27. The highest BCUT2D eigenvalue weighted by molar-refractivity contribution is 9.10. The third-order valence-corrected chi connectivity index (χ3v) is 4.08. The maximum Gasteiger partial charge on any atom is 0.250 e. The average molecular weight is 349 g/mol. The minimum absolute atomic E-state index is 0.178. The Kier molecular flexibility index (Phi) is 4.48. The molecule has 0 saturated carbocycles. The van der Waals surface area contributed by atoms with Crippen LogP contribution in [0.2, 0.25) is 0 Å². The molecule has 6 heteroatoms. The highest BCUT2D eigenvalue weighted by atomic mass is 79.9. The molecular weight excluding hydrogens is 332 g/mol. The van der Waals surface area contributed by atoms with Crippen LogP contribution >= 0.6 is 15.9 Å². The van der Waals surface area contributed by atoms with Crippen LogP contribution in [0, 0.1) is 0 Å². The molecule has 1 aliphatic rings. The van der Waals surface area contributed by atoms with Gasteiger partial charge in [-0.05, 0) is 30.8 Å². The standard InChI is InChI=1S/C15H17BrN4O/c1-20-9-8-17-10-13(20)15-18-14(21-19-15)7-4-11-2-5-12(16)6-3-11/h2-7,13,17H,8-10H2,1H3/b7-4+. The van der Waals surface area contributed by atoms with Gasteiger partial charge in [0, 0.05) is 30.2 Å². The summed E-state index contributed by atoms with van der Waals surface area (Å²) in [6.45, 7) is 2.84. The lowest BCUT2D eigenvalue weighted by Crippen LogP contribution is -2.44. The van der Waals surface area contributed by atoms with Crippen molar-refractivity contribution in [2.75, 3.05) is 26.7 Å². The summed E-state index contributed by atoms with van der Waals surface area (Å²) in [7, 11) is 2.08. The predicted molar refractivity (Wildman–Crippen MR) is 85.6 cm³/mol. The van der Waals surface area contributed by atoms with Crippen molar-refractivity contribution in [2.45, 2.75) is 6.04 Å². The maximum atomic E-state index is 5.30. The van der Waals surface area contributed by atoms with Gasteiger partial charge in [-0.2, -0.15) is 4.98 Å². The first-order valence-corrected chi connectivity index (χ1v) is 7.70. The summed E-state index contributed by atoms with van der Waals surface area (Å²) >= 11 is 3.42. The van der Waals surface area contributed by atoms with Crippen LogP contribution in [-0.4, -0.2) is 41.7 Å². The van der Waals surface area contributed by atoms with Crippen molar-refractivity contribution in [2.24, 2.45) is 0 Å². The molecule has 2 aromatic rings. The third kappa shape index (κ3) is 3.58. The van der Waals surface area contributed by atoms with Crippen LogP contribution in [0.5, 0.6) is 0 Å². The van der Waals surface area contributed by atoms with E-state index in [0.29, 0.717) is 5.89 Å². The number of aromatic nitrogens is 2. The number of halogens is 1. The second-order valence-electron chi connectivity index (χ2n) is 5.08. The predicted octanol–water partition coefficient (Wildman–Crippen LogP) is 2.58. The summed E-state index contributed by atoms with van der Waals surface area (Å²) in [5, 5.41) is 7.44. The Morgan fingerprint density at radius 2 is 2.14 bits per heavy atom. The van der Waals surface area contributed by atoms with Gasteiger partial charge in [-0.1, -0.05) is 33.2 Å². The van der Waals surface area contributed by atoms with Crippen LogP contribution in [0.25, 0.3) is 12.2 Å². The number of hydrogen-bond donors (Lipinski definition) is 1. The molecule has 1 aliphatic heterocycles. The fourth-order valence-corrected chi connectivity index (χ4v) is 2.55. The normalized spacial score (nSPS) is 20.2. The molecule has 1 aromatic carbocycles. The molecule has 0 bridgehead atoms. The zero-order chi connectivity index (χ0) is 14.7. The van der Waals surface area contributed by atoms with Crippen molar-refractivity contribution in [1.29, 1.82) is 0 Å². The molecule has 5 nitrogen and oxygen atoms in total. The van der Waals surface area contributed by atoms with Crippen molar-refractivity contribution in [3.05, 3.63) is 46.0 Å². The molecule has 0 amide bonds. The quantitative estimate of drug-likeness (QED) is 0.923. The Labute approximate surface area is 132 Å². The van der Waals surface area contributed by atoms with Crippen molar-refractivity contribution in [1.82, 2.24) is 20.4 Å². The van der Waals surface area contributed by atoms with Crippen molar-refractivity contribution in [3.8, 4) is 0 Å². The summed E-state index contributed by atoms with van der Waals surface area (Å²) in [5.41, 5.74) is 1.09. The van der Waals surface area contributed by atoms with Gasteiger partial charge in [0.2, 0.25) is 0 Å². The number of hydrogen-bond acceptors (Lipinski definition) is 5. The third-order valence-electron chi connectivity index (χ3n) is 3.55. The molecular formula is C15H17BrN4O. The van der Waals surface area contributed by atoms with Crippen molar-refractivity contribution >= 4 is 28.1 Å². The van der Waals surface area contributed by atoms with E-state index in [9.17, 15) is 0 Å². The molecule has 1 fully saturated rings. The molecule has 0 spiro atoms. The monoisotopic (exact) mass is 348 g/mol. The number of benzene rings is 1. The topological polar surface area (TPSA) is 54.2 Å². The molecule has 21 heavy (non-hydrogen) atoms. The molecule has 3 rings (SSSR count). The second-order valence-corrected chi connectivity index (χ2v) is 5.99. The number of rotatable bonds is 3. The number of nitrogens with one attached hydrogen (secondary N) is 1. The van der Waals surface area contributed by atoms with Crippen LogP contribution in [0.1, 0.15) is 23.3 Å². The van der Waals surface area contributed by atoms with E-state index >= 15 is 0 Å². The van der Waals surface area contributed by atoms with Gasteiger partial charge in [0.1, 0.15) is 0 Å². The lowest BCUT2D eigenvalue weighted by Gasteiger charge is -2.30. The van der Waals surface area contributed by atoms with Gasteiger partial charge in [-0.25, -0.2) is 0 Å². The molecule has 1 atom stereocenters. The van der Waals surface area contributed by atoms with Crippen LogP contribution in [0.4, 0.5) is 0 Å². The first kappa shape index (κ1) is 14.4. The first-order valence-electron chi connectivity index (χ1n) is 6.90. The number of likely N-dealkylation sites (N-methyl/N-ethyl adjacent to an activating group) is 1. The lowest BCUT2D eigenvalue weighted by atomic mass is 10.2. The molecule has 110 valence electrons. The summed E-state index contributed by atoms with van der Waals surface area (Å²) in [6, 6.07) is 8.23. The Bertz CT molecular complexity index is 623. The largest absolute Gasteiger partial charge is 0.335 e. The van der Waals surface area contributed by atoms with E-state index in [4.69, 9.17) is 4.52 Å². The van der Waals surface area contributed by atoms with Gasteiger partial charge >= 0.3 is 0 Å². The zero-order valence-electron chi connectivity index (χ0n) is 11.8. The Hall–Kier alpha value is -1.50. The fourth-order valence-electron chi connectivity index (χ4n) is 2.29.